The van der Waals surface area contributed by atoms with Gasteiger partial charge in [0.1, 0.15) is 12.3 Å². The number of hydrogen-bond acceptors (Lipinski definition) is 10. The molecule has 1 atom stereocenters. The second-order valence-corrected chi connectivity index (χ2v) is 11.6. The van der Waals surface area contributed by atoms with E-state index in [2.05, 4.69) is 0 Å². The minimum atomic E-state index is -1.54. The van der Waals surface area contributed by atoms with Crippen molar-refractivity contribution in [1.29, 1.82) is 0 Å². The van der Waals surface area contributed by atoms with Crippen LogP contribution in [0.2, 0.25) is 0 Å². The smallest absolute Gasteiger partial charge is 0.326 e. The lowest BCUT2D eigenvalue weighted by molar-refractivity contribution is -0.159. The summed E-state index contributed by atoms with van der Waals surface area (Å²) in [6.07, 6.45) is 15.8. The molecule has 0 aromatic rings. The van der Waals surface area contributed by atoms with Gasteiger partial charge in [-0.3, -0.25) is 19.3 Å². The van der Waals surface area contributed by atoms with Gasteiger partial charge in [-0.2, -0.15) is 0 Å². The molecule has 0 unspecified atom stereocenters. The van der Waals surface area contributed by atoms with Gasteiger partial charge in [0, 0.05) is 25.8 Å². The first-order valence-electron chi connectivity index (χ1n) is 17.6. The van der Waals surface area contributed by atoms with Gasteiger partial charge in [0.25, 0.3) is 0 Å². The van der Waals surface area contributed by atoms with Crippen molar-refractivity contribution < 1.29 is 53.1 Å². The van der Waals surface area contributed by atoms with Crippen LogP contribution in [0.1, 0.15) is 122 Å². The second kappa shape index (κ2) is 33.5. The number of imide groups is 1. The van der Waals surface area contributed by atoms with Gasteiger partial charge in [-0.05, 0) is 19.3 Å². The number of unbranched alkanes of at least 4 members (excludes halogenated alkanes) is 14. The van der Waals surface area contributed by atoms with Crippen LogP contribution < -0.4 is 5.73 Å². The van der Waals surface area contributed by atoms with E-state index in [0.717, 1.165) is 49.7 Å². The van der Waals surface area contributed by atoms with Crippen molar-refractivity contribution in [2.45, 2.75) is 128 Å². The predicted octanol–water partition coefficient (Wildman–Crippen LogP) is 4.52. The van der Waals surface area contributed by atoms with Crippen LogP contribution in [-0.2, 0) is 42.9 Å². The van der Waals surface area contributed by atoms with Crippen LogP contribution in [0.4, 0.5) is 0 Å². The molecule has 0 aromatic heterocycles. The fourth-order valence-corrected chi connectivity index (χ4v) is 4.98. The molecule has 0 aliphatic rings. The standard InChI is InChI=1S/C34H62N2O11/c35-20-23-45-25-27-47-29-28-46-26-24-44-22-19-32(39)36(30(34(42)43)17-18-33(40)41)31(38)16-14-12-10-8-6-4-2-1-3-5-7-9-11-13-15-21-37/h21,30H,1-20,22-29,35H2,(H,40,41)(H,42,43)/t30-/m0/s1. The third-order valence-electron chi connectivity index (χ3n) is 7.57. The van der Waals surface area contributed by atoms with Crippen molar-refractivity contribution in [2.24, 2.45) is 5.73 Å². The molecule has 0 saturated carbocycles. The number of aliphatic carboxylic acids is 2. The Morgan fingerprint density at radius 1 is 0.553 bits per heavy atom. The van der Waals surface area contributed by atoms with E-state index in [1.807, 2.05) is 0 Å². The molecular formula is C34H62N2O11. The zero-order chi connectivity index (χ0) is 34.8. The first-order valence-corrected chi connectivity index (χ1v) is 17.6. The number of aldehydes is 1. The van der Waals surface area contributed by atoms with Crippen molar-refractivity contribution in [1.82, 2.24) is 4.90 Å². The van der Waals surface area contributed by atoms with Crippen LogP contribution in [0.5, 0.6) is 0 Å². The maximum Gasteiger partial charge on any atom is 0.326 e. The Morgan fingerprint density at radius 2 is 0.957 bits per heavy atom. The van der Waals surface area contributed by atoms with Crippen LogP contribution in [-0.4, -0.2) is 111 Å². The van der Waals surface area contributed by atoms with E-state index in [9.17, 15) is 29.1 Å². The Bertz CT molecular complexity index is 813. The van der Waals surface area contributed by atoms with E-state index in [0.29, 0.717) is 52.4 Å². The molecule has 0 heterocycles. The lowest BCUT2D eigenvalue weighted by Gasteiger charge is -2.27. The van der Waals surface area contributed by atoms with Crippen LogP contribution in [0, 0.1) is 0 Å². The summed E-state index contributed by atoms with van der Waals surface area (Å²) >= 11 is 0. The van der Waals surface area contributed by atoms with Gasteiger partial charge in [-0.15, -0.1) is 0 Å². The van der Waals surface area contributed by atoms with Crippen LogP contribution in [0.25, 0.3) is 0 Å². The summed E-state index contributed by atoms with van der Waals surface area (Å²) in [7, 11) is 0. The number of carboxylic acids is 2. The molecule has 0 rings (SSSR count). The summed E-state index contributed by atoms with van der Waals surface area (Å²) in [4.78, 5) is 60.1. The molecule has 0 bridgehead atoms. The van der Waals surface area contributed by atoms with E-state index in [-0.39, 0.29) is 39.1 Å². The zero-order valence-electron chi connectivity index (χ0n) is 28.5. The molecule has 0 spiro atoms. The summed E-state index contributed by atoms with van der Waals surface area (Å²) < 4.78 is 21.4. The molecule has 0 aromatic carbocycles. The SMILES string of the molecule is NCCOCCOCCOCCOCCC(=O)N(C(=O)CCCCCCCCCCCCCCCCC=O)[C@@H](CCC(=O)O)C(=O)O. The monoisotopic (exact) mass is 674 g/mol. The van der Waals surface area contributed by atoms with Gasteiger partial charge in [0.2, 0.25) is 11.8 Å². The van der Waals surface area contributed by atoms with Crippen molar-refractivity contribution in [2.75, 3.05) is 59.4 Å². The maximum absolute atomic E-state index is 13.1. The first kappa shape index (κ1) is 44.5. The molecule has 13 heteroatoms. The summed E-state index contributed by atoms with van der Waals surface area (Å²) in [5.74, 6) is -3.91. The molecule has 0 radical (unpaired) electrons. The number of carboxylic acid groups (broad SMARTS) is 2. The predicted molar refractivity (Wildman–Crippen MR) is 177 cm³/mol. The normalized spacial score (nSPS) is 11.8. The number of carbonyl (C=O) groups is 5. The second-order valence-electron chi connectivity index (χ2n) is 11.6. The van der Waals surface area contributed by atoms with Gasteiger partial charge in [0.15, 0.2) is 0 Å². The highest BCUT2D eigenvalue weighted by atomic mass is 16.6. The quantitative estimate of drug-likeness (QED) is 0.0623. The van der Waals surface area contributed by atoms with Crippen LogP contribution in [0.15, 0.2) is 0 Å². The molecule has 0 aliphatic heterocycles. The lowest BCUT2D eigenvalue weighted by Crippen LogP contribution is -2.49. The molecular weight excluding hydrogens is 612 g/mol. The number of amides is 2. The summed E-state index contributed by atoms with van der Waals surface area (Å²) in [5.41, 5.74) is 5.33. The Kier molecular flexibility index (Phi) is 31.7. The minimum absolute atomic E-state index is 0.0215. The fourth-order valence-electron chi connectivity index (χ4n) is 4.98. The highest BCUT2D eigenvalue weighted by molar-refractivity contribution is 5.99. The van der Waals surface area contributed by atoms with E-state index in [1.165, 1.54) is 44.9 Å². The Labute approximate surface area is 281 Å². The zero-order valence-corrected chi connectivity index (χ0v) is 28.5. The van der Waals surface area contributed by atoms with Gasteiger partial charge >= 0.3 is 11.9 Å². The Morgan fingerprint density at radius 3 is 1.38 bits per heavy atom. The first-order chi connectivity index (χ1) is 22.8. The molecule has 0 saturated heterocycles. The number of carbonyl (C=O) groups excluding carboxylic acids is 3. The van der Waals surface area contributed by atoms with Gasteiger partial charge in [-0.1, -0.05) is 77.0 Å². The van der Waals surface area contributed by atoms with Crippen molar-refractivity contribution >= 4 is 30.0 Å². The molecule has 274 valence electrons. The summed E-state index contributed by atoms with van der Waals surface area (Å²) in [5, 5.41) is 18.8. The van der Waals surface area contributed by atoms with E-state index >= 15 is 0 Å². The number of nitrogens with zero attached hydrogens (tertiary/aromatic N) is 1. The average molecular weight is 675 g/mol. The molecule has 2 amide bonds. The van der Waals surface area contributed by atoms with E-state index < -0.39 is 36.2 Å². The minimum Gasteiger partial charge on any atom is -0.481 e. The number of hydrogen-bond donors (Lipinski definition) is 3. The highest BCUT2D eigenvalue weighted by Gasteiger charge is 2.34. The maximum atomic E-state index is 13.1. The van der Waals surface area contributed by atoms with E-state index in [4.69, 9.17) is 29.8 Å². The van der Waals surface area contributed by atoms with Crippen molar-refractivity contribution in [3.63, 3.8) is 0 Å². The third kappa shape index (κ3) is 28.3. The van der Waals surface area contributed by atoms with Crippen molar-refractivity contribution in [3.8, 4) is 0 Å². The summed E-state index contributed by atoms with van der Waals surface area (Å²) in [6, 6.07) is -1.54. The number of nitrogens with two attached hydrogens (primary N) is 1. The largest absolute Gasteiger partial charge is 0.481 e. The van der Waals surface area contributed by atoms with Gasteiger partial charge < -0.3 is 39.7 Å². The Balaban J connectivity index is 4.31. The topological polar surface area (TPSA) is 192 Å². The fraction of sp³-hybridized carbons (Fsp3) is 0.853. The summed E-state index contributed by atoms with van der Waals surface area (Å²) in [6.45, 7) is 3.03. The molecule has 4 N–H and O–H groups in total. The lowest BCUT2D eigenvalue weighted by atomic mass is 10.0. The van der Waals surface area contributed by atoms with Crippen molar-refractivity contribution in [3.05, 3.63) is 0 Å². The molecule has 0 fully saturated rings. The van der Waals surface area contributed by atoms with Crippen LogP contribution >= 0.6 is 0 Å². The average Bonchev–Trinajstić information content (AvgIpc) is 3.04. The van der Waals surface area contributed by atoms with Gasteiger partial charge in [-0.25, -0.2) is 4.79 Å². The highest BCUT2D eigenvalue weighted by Crippen LogP contribution is 2.17. The Hall–Kier alpha value is -2.45. The number of ether oxygens (including phenoxy) is 4. The van der Waals surface area contributed by atoms with Gasteiger partial charge in [0.05, 0.1) is 59.3 Å². The van der Waals surface area contributed by atoms with E-state index in [1.54, 1.807) is 0 Å². The number of rotatable bonds is 36. The van der Waals surface area contributed by atoms with Crippen LogP contribution in [0.3, 0.4) is 0 Å². The third-order valence-corrected chi connectivity index (χ3v) is 7.57. The molecule has 47 heavy (non-hydrogen) atoms. The molecule has 0 aliphatic carbocycles. The molecule has 13 nitrogen and oxygen atoms in total.